The molecule has 0 heterocycles. The summed E-state index contributed by atoms with van der Waals surface area (Å²) in [5.41, 5.74) is 1.94. The molecule has 0 aliphatic rings. The standard InChI is InChI=1S/C17H17FN2O2S/c18-15-8-6-14(7-9-15)12-20(17(23)19-10-16(21)22)11-13-4-2-1-3-5-13/h1-9H,10-12H2,(H,19,23)(H,21,22). The Bertz CT molecular complexity index is 662. The largest absolute Gasteiger partial charge is 0.480 e. The van der Waals surface area contributed by atoms with E-state index in [0.29, 0.717) is 18.2 Å². The lowest BCUT2D eigenvalue weighted by atomic mass is 10.2. The number of halogens is 1. The highest BCUT2D eigenvalue weighted by molar-refractivity contribution is 7.80. The zero-order chi connectivity index (χ0) is 16.7. The highest BCUT2D eigenvalue weighted by Gasteiger charge is 2.12. The Morgan fingerprint density at radius 3 is 2.17 bits per heavy atom. The lowest BCUT2D eigenvalue weighted by Crippen LogP contribution is -2.41. The van der Waals surface area contributed by atoms with Crippen LogP contribution in [0.2, 0.25) is 0 Å². The predicted octanol–water partition coefficient (Wildman–Crippen LogP) is 2.79. The summed E-state index contributed by atoms with van der Waals surface area (Å²) in [7, 11) is 0. The lowest BCUT2D eigenvalue weighted by molar-refractivity contribution is -0.135. The zero-order valence-corrected chi connectivity index (χ0v) is 13.2. The number of thiocarbonyl (C=S) groups is 1. The second-order valence-corrected chi connectivity index (χ2v) is 5.41. The molecule has 6 heteroatoms. The van der Waals surface area contributed by atoms with Crippen molar-refractivity contribution in [3.05, 3.63) is 71.5 Å². The van der Waals surface area contributed by atoms with Crippen LogP contribution in [0, 0.1) is 5.82 Å². The Kier molecular flexibility index (Phi) is 6.05. The molecule has 0 fully saturated rings. The normalized spacial score (nSPS) is 10.1. The molecule has 0 aliphatic heterocycles. The van der Waals surface area contributed by atoms with Gasteiger partial charge in [-0.1, -0.05) is 42.5 Å². The van der Waals surface area contributed by atoms with Gasteiger partial charge in [-0.25, -0.2) is 4.39 Å². The van der Waals surface area contributed by atoms with Gasteiger partial charge in [0.25, 0.3) is 0 Å². The molecular weight excluding hydrogens is 315 g/mol. The molecule has 0 saturated carbocycles. The van der Waals surface area contributed by atoms with E-state index >= 15 is 0 Å². The molecule has 0 amide bonds. The fraction of sp³-hybridized carbons (Fsp3) is 0.176. The number of nitrogens with one attached hydrogen (secondary N) is 1. The fourth-order valence-corrected chi connectivity index (χ4v) is 2.28. The van der Waals surface area contributed by atoms with Gasteiger partial charge in [0, 0.05) is 13.1 Å². The summed E-state index contributed by atoms with van der Waals surface area (Å²) in [5.74, 6) is -1.27. The molecule has 0 unspecified atom stereocenters. The van der Waals surface area contributed by atoms with Crippen LogP contribution in [-0.2, 0) is 17.9 Å². The van der Waals surface area contributed by atoms with E-state index in [2.05, 4.69) is 5.32 Å². The predicted molar refractivity (Wildman–Crippen MR) is 90.3 cm³/mol. The number of hydrogen-bond acceptors (Lipinski definition) is 2. The van der Waals surface area contributed by atoms with E-state index in [9.17, 15) is 9.18 Å². The fourth-order valence-electron chi connectivity index (χ4n) is 2.08. The maximum atomic E-state index is 13.0. The van der Waals surface area contributed by atoms with E-state index in [4.69, 9.17) is 17.3 Å². The molecule has 2 rings (SSSR count). The van der Waals surface area contributed by atoms with Gasteiger partial charge in [0.1, 0.15) is 12.4 Å². The van der Waals surface area contributed by atoms with Crippen LogP contribution in [0.5, 0.6) is 0 Å². The van der Waals surface area contributed by atoms with Gasteiger partial charge >= 0.3 is 5.97 Å². The Balaban J connectivity index is 2.11. The summed E-state index contributed by atoms with van der Waals surface area (Å²) in [4.78, 5) is 12.5. The monoisotopic (exact) mass is 332 g/mol. The maximum Gasteiger partial charge on any atom is 0.322 e. The van der Waals surface area contributed by atoms with E-state index in [-0.39, 0.29) is 12.4 Å². The number of aliphatic carboxylic acids is 1. The van der Waals surface area contributed by atoms with Crippen molar-refractivity contribution in [2.45, 2.75) is 13.1 Å². The van der Waals surface area contributed by atoms with Gasteiger partial charge in [-0.15, -0.1) is 0 Å². The van der Waals surface area contributed by atoms with E-state index < -0.39 is 5.97 Å². The topological polar surface area (TPSA) is 52.6 Å². The summed E-state index contributed by atoms with van der Waals surface area (Å²) >= 11 is 5.30. The van der Waals surface area contributed by atoms with Gasteiger partial charge in [-0.2, -0.15) is 0 Å². The highest BCUT2D eigenvalue weighted by atomic mass is 32.1. The summed E-state index contributed by atoms with van der Waals surface area (Å²) in [6.45, 7) is 0.748. The van der Waals surface area contributed by atoms with Crippen molar-refractivity contribution in [2.24, 2.45) is 0 Å². The molecule has 0 spiro atoms. The number of carbonyl (C=O) groups is 1. The molecule has 2 N–H and O–H groups in total. The van der Waals surface area contributed by atoms with Crippen LogP contribution in [0.4, 0.5) is 4.39 Å². The van der Waals surface area contributed by atoms with Crippen LogP contribution < -0.4 is 5.32 Å². The van der Waals surface area contributed by atoms with E-state index in [1.165, 1.54) is 12.1 Å². The van der Waals surface area contributed by atoms with Crippen LogP contribution in [0.15, 0.2) is 54.6 Å². The minimum Gasteiger partial charge on any atom is -0.480 e. The third-order valence-corrected chi connectivity index (χ3v) is 3.58. The molecule has 2 aromatic rings. The number of nitrogens with zero attached hydrogens (tertiary/aromatic N) is 1. The van der Waals surface area contributed by atoms with Crippen LogP contribution in [0.1, 0.15) is 11.1 Å². The third kappa shape index (κ3) is 5.67. The highest BCUT2D eigenvalue weighted by Crippen LogP contribution is 2.11. The van der Waals surface area contributed by atoms with E-state index in [0.717, 1.165) is 11.1 Å². The van der Waals surface area contributed by atoms with Gasteiger partial charge < -0.3 is 15.3 Å². The van der Waals surface area contributed by atoms with Crippen LogP contribution >= 0.6 is 12.2 Å². The number of hydrogen-bond donors (Lipinski definition) is 2. The molecule has 2 aromatic carbocycles. The first-order valence-electron chi connectivity index (χ1n) is 7.07. The number of carboxylic acid groups (broad SMARTS) is 1. The second-order valence-electron chi connectivity index (χ2n) is 5.02. The molecular formula is C17H17FN2O2S. The van der Waals surface area contributed by atoms with Crippen molar-refractivity contribution in [1.29, 1.82) is 0 Å². The molecule has 0 bridgehead atoms. The maximum absolute atomic E-state index is 13.0. The van der Waals surface area contributed by atoms with Crippen LogP contribution in [0.3, 0.4) is 0 Å². The Labute approximate surface area is 139 Å². The average molecular weight is 332 g/mol. The zero-order valence-electron chi connectivity index (χ0n) is 12.4. The van der Waals surface area contributed by atoms with Gasteiger partial charge in [-0.05, 0) is 35.5 Å². The summed E-state index contributed by atoms with van der Waals surface area (Å²) in [6.07, 6.45) is 0. The number of carboxylic acids is 1. The van der Waals surface area contributed by atoms with Crippen molar-refractivity contribution >= 4 is 23.3 Å². The quantitative estimate of drug-likeness (QED) is 0.797. The Morgan fingerprint density at radius 1 is 1.04 bits per heavy atom. The summed E-state index contributed by atoms with van der Waals surface area (Å²) in [5, 5.41) is 11.8. The SMILES string of the molecule is O=C(O)CNC(=S)N(Cc1ccccc1)Cc1ccc(F)cc1. The Hall–Kier alpha value is -2.47. The summed E-state index contributed by atoms with van der Waals surface area (Å²) < 4.78 is 13.0. The molecule has 0 radical (unpaired) electrons. The van der Waals surface area contributed by atoms with Gasteiger partial charge in [-0.3, -0.25) is 4.79 Å². The Morgan fingerprint density at radius 2 is 1.61 bits per heavy atom. The first-order valence-corrected chi connectivity index (χ1v) is 7.48. The lowest BCUT2D eigenvalue weighted by Gasteiger charge is -2.26. The minimum absolute atomic E-state index is 0.243. The molecule has 0 aliphatic carbocycles. The third-order valence-electron chi connectivity index (χ3n) is 3.18. The van der Waals surface area contributed by atoms with Crippen molar-refractivity contribution in [3.8, 4) is 0 Å². The van der Waals surface area contributed by atoms with Crippen molar-refractivity contribution in [3.63, 3.8) is 0 Å². The number of benzene rings is 2. The molecule has 120 valence electrons. The van der Waals surface area contributed by atoms with Gasteiger partial charge in [0.15, 0.2) is 5.11 Å². The van der Waals surface area contributed by atoms with Crippen molar-refractivity contribution in [2.75, 3.05) is 6.54 Å². The molecule has 23 heavy (non-hydrogen) atoms. The number of rotatable bonds is 6. The molecule has 0 aromatic heterocycles. The van der Waals surface area contributed by atoms with Crippen molar-refractivity contribution < 1.29 is 14.3 Å². The molecule has 0 saturated heterocycles. The molecule has 4 nitrogen and oxygen atoms in total. The van der Waals surface area contributed by atoms with E-state index in [1.54, 1.807) is 12.1 Å². The average Bonchev–Trinajstić information content (AvgIpc) is 2.55. The van der Waals surface area contributed by atoms with Gasteiger partial charge in [0.05, 0.1) is 0 Å². The van der Waals surface area contributed by atoms with Crippen LogP contribution in [0.25, 0.3) is 0 Å². The first kappa shape index (κ1) is 16.9. The smallest absolute Gasteiger partial charge is 0.322 e. The first-order chi connectivity index (χ1) is 11.0. The van der Waals surface area contributed by atoms with Crippen molar-refractivity contribution in [1.82, 2.24) is 10.2 Å². The molecule has 0 atom stereocenters. The second kappa shape index (κ2) is 8.24. The summed E-state index contributed by atoms with van der Waals surface area (Å²) in [6, 6.07) is 15.9. The van der Waals surface area contributed by atoms with Crippen LogP contribution in [-0.4, -0.2) is 27.6 Å². The van der Waals surface area contributed by atoms with Gasteiger partial charge in [0.2, 0.25) is 0 Å². The minimum atomic E-state index is -0.978. The van der Waals surface area contributed by atoms with E-state index in [1.807, 2.05) is 35.2 Å².